The van der Waals surface area contributed by atoms with Crippen molar-refractivity contribution in [1.82, 2.24) is 9.21 Å². The average Bonchev–Trinajstić information content (AvgIpc) is 2.69. The minimum absolute atomic E-state index is 0.0131. The average molecular weight is 455 g/mol. The molecule has 5 nitrogen and oxygen atoms in total. The van der Waals surface area contributed by atoms with E-state index in [1.165, 1.54) is 4.31 Å². The van der Waals surface area contributed by atoms with E-state index in [4.69, 9.17) is 11.6 Å². The summed E-state index contributed by atoms with van der Waals surface area (Å²) in [5.41, 5.74) is 0.287. The summed E-state index contributed by atoms with van der Waals surface area (Å²) in [7, 11) is -3.96. The fraction of sp³-hybridized carbons (Fsp3) is 0.381. The van der Waals surface area contributed by atoms with Crippen LogP contribution in [-0.2, 0) is 20.2 Å². The van der Waals surface area contributed by atoms with Crippen molar-refractivity contribution in [2.45, 2.75) is 29.6 Å². The Morgan fingerprint density at radius 3 is 2.23 bits per heavy atom. The maximum Gasteiger partial charge on any atom is 0.243 e. The first-order valence-electron chi connectivity index (χ1n) is 9.75. The number of halogens is 3. The number of rotatable bonds is 4. The van der Waals surface area contributed by atoms with Crippen molar-refractivity contribution in [3.8, 4) is 0 Å². The van der Waals surface area contributed by atoms with Crippen LogP contribution < -0.4 is 0 Å². The van der Waals surface area contributed by atoms with E-state index in [1.807, 2.05) is 18.2 Å². The van der Waals surface area contributed by atoms with Crippen molar-refractivity contribution in [3.63, 3.8) is 0 Å². The predicted octanol–water partition coefficient (Wildman–Crippen LogP) is 3.57. The molecular formula is C21H21ClF2N2O3S. The van der Waals surface area contributed by atoms with Crippen molar-refractivity contribution < 1.29 is 22.0 Å². The molecule has 2 aliphatic rings. The van der Waals surface area contributed by atoms with E-state index >= 15 is 0 Å². The lowest BCUT2D eigenvalue weighted by Gasteiger charge is -2.46. The van der Waals surface area contributed by atoms with E-state index in [2.05, 4.69) is 0 Å². The Morgan fingerprint density at radius 2 is 1.67 bits per heavy atom. The van der Waals surface area contributed by atoms with E-state index in [0.29, 0.717) is 11.1 Å². The first-order valence-corrected chi connectivity index (χ1v) is 11.6. The van der Waals surface area contributed by atoms with Crippen molar-refractivity contribution in [2.75, 3.05) is 26.2 Å². The Bertz CT molecular complexity index is 1080. The molecule has 1 aliphatic heterocycles. The van der Waals surface area contributed by atoms with E-state index in [-0.39, 0.29) is 37.0 Å². The fourth-order valence-electron chi connectivity index (χ4n) is 4.16. The van der Waals surface area contributed by atoms with E-state index in [0.717, 1.165) is 37.0 Å². The van der Waals surface area contributed by atoms with E-state index < -0.39 is 27.1 Å². The third-order valence-corrected chi connectivity index (χ3v) is 8.18. The van der Waals surface area contributed by atoms with Gasteiger partial charge in [-0.25, -0.2) is 17.2 Å². The number of hydrogen-bond donors (Lipinski definition) is 0. The quantitative estimate of drug-likeness (QED) is 0.709. The highest BCUT2D eigenvalue weighted by Crippen LogP contribution is 2.46. The van der Waals surface area contributed by atoms with Crippen molar-refractivity contribution >= 4 is 27.5 Å². The van der Waals surface area contributed by atoms with Crippen LogP contribution in [0, 0.1) is 11.6 Å². The first kappa shape index (κ1) is 21.2. The summed E-state index contributed by atoms with van der Waals surface area (Å²) in [5.74, 6) is -2.32. The van der Waals surface area contributed by atoms with E-state index in [9.17, 15) is 22.0 Å². The molecule has 1 saturated carbocycles. The number of amides is 1. The molecule has 4 rings (SSSR count). The van der Waals surface area contributed by atoms with Crippen molar-refractivity contribution in [1.29, 1.82) is 0 Å². The molecule has 9 heteroatoms. The molecule has 0 N–H and O–H groups in total. The molecule has 1 saturated heterocycles. The maximum atomic E-state index is 13.5. The molecule has 2 aromatic carbocycles. The number of hydrogen-bond acceptors (Lipinski definition) is 3. The van der Waals surface area contributed by atoms with Gasteiger partial charge in [0.2, 0.25) is 15.9 Å². The summed E-state index contributed by atoms with van der Waals surface area (Å²) in [6, 6.07) is 9.86. The number of carbonyl (C=O) groups is 1. The Labute approximate surface area is 179 Å². The highest BCUT2D eigenvalue weighted by atomic mass is 35.5. The smallest absolute Gasteiger partial charge is 0.243 e. The van der Waals surface area contributed by atoms with Crippen LogP contribution in [0.15, 0.2) is 47.4 Å². The van der Waals surface area contributed by atoms with Crippen LogP contribution in [-0.4, -0.2) is 49.7 Å². The van der Waals surface area contributed by atoms with Crippen LogP contribution in [0.4, 0.5) is 8.78 Å². The summed E-state index contributed by atoms with van der Waals surface area (Å²) in [6.45, 7) is 0.672. The Kier molecular flexibility index (Phi) is 5.59. The van der Waals surface area contributed by atoms with Crippen molar-refractivity contribution in [3.05, 3.63) is 64.7 Å². The lowest BCUT2D eigenvalue weighted by Crippen LogP contribution is -2.57. The van der Waals surface area contributed by atoms with Crippen molar-refractivity contribution in [2.24, 2.45) is 0 Å². The highest BCUT2D eigenvalue weighted by molar-refractivity contribution is 7.89. The third kappa shape index (κ3) is 3.61. The molecule has 0 atom stereocenters. The number of carbonyl (C=O) groups excluding carboxylic acids is 1. The predicted molar refractivity (Wildman–Crippen MR) is 109 cm³/mol. The number of nitrogens with zero attached hydrogens (tertiary/aromatic N) is 2. The minimum Gasteiger partial charge on any atom is -0.339 e. The standard InChI is InChI=1S/C21H21ClF2N2O3S/c22-16-4-1-3-15(13-16)21(7-2-8-21)20(27)25-9-11-26(12-10-25)30(28,29)17-5-6-18(23)19(24)14-17/h1,3-6,13-14H,2,7-12H2. The van der Waals surface area contributed by atoms with Crippen LogP contribution in [0.25, 0.3) is 0 Å². The van der Waals surface area contributed by atoms with Gasteiger partial charge in [-0.2, -0.15) is 4.31 Å². The third-order valence-electron chi connectivity index (χ3n) is 6.05. The number of benzene rings is 2. The second kappa shape index (κ2) is 7.90. The van der Waals surface area contributed by atoms with Crippen LogP contribution in [0.3, 0.4) is 0 Å². The van der Waals surface area contributed by atoms with Crippen LogP contribution in [0.1, 0.15) is 24.8 Å². The topological polar surface area (TPSA) is 57.7 Å². The molecular weight excluding hydrogens is 434 g/mol. The maximum absolute atomic E-state index is 13.5. The summed E-state index contributed by atoms with van der Waals surface area (Å²) in [6.07, 6.45) is 2.42. The molecule has 2 aromatic rings. The van der Waals surface area contributed by atoms with Gasteiger partial charge in [0.05, 0.1) is 10.3 Å². The van der Waals surface area contributed by atoms with Crippen LogP contribution in [0.2, 0.25) is 5.02 Å². The number of piperazine rings is 1. The van der Waals surface area contributed by atoms with Gasteiger partial charge >= 0.3 is 0 Å². The molecule has 160 valence electrons. The minimum atomic E-state index is -3.96. The molecule has 1 heterocycles. The molecule has 1 aliphatic carbocycles. The SMILES string of the molecule is O=C(N1CCN(S(=O)(=O)c2ccc(F)c(F)c2)CC1)C1(c2cccc(Cl)c2)CCC1. The molecule has 0 aromatic heterocycles. The lowest BCUT2D eigenvalue weighted by molar-refractivity contribution is -0.142. The molecule has 2 fully saturated rings. The lowest BCUT2D eigenvalue weighted by atomic mass is 9.63. The Balaban J connectivity index is 1.49. The van der Waals surface area contributed by atoms with Gasteiger partial charge in [-0.05, 0) is 48.7 Å². The summed E-state index contributed by atoms with van der Waals surface area (Å²) in [4.78, 5) is 14.7. The van der Waals surface area contributed by atoms with Gasteiger partial charge in [0.15, 0.2) is 11.6 Å². The first-order chi connectivity index (χ1) is 14.2. The van der Waals surface area contributed by atoms with Crippen LogP contribution in [0.5, 0.6) is 0 Å². The van der Waals surface area contributed by atoms with Gasteiger partial charge in [0.1, 0.15) is 0 Å². The van der Waals surface area contributed by atoms with Gasteiger partial charge in [-0.15, -0.1) is 0 Å². The molecule has 1 amide bonds. The second-order valence-corrected chi connectivity index (χ2v) is 10.1. The highest BCUT2D eigenvalue weighted by Gasteiger charge is 2.48. The fourth-order valence-corrected chi connectivity index (χ4v) is 5.79. The van der Waals surface area contributed by atoms with Gasteiger partial charge < -0.3 is 4.90 Å². The summed E-state index contributed by atoms with van der Waals surface area (Å²) < 4.78 is 53.4. The van der Waals surface area contributed by atoms with Crippen LogP contribution >= 0.6 is 11.6 Å². The monoisotopic (exact) mass is 454 g/mol. The molecule has 0 radical (unpaired) electrons. The van der Waals surface area contributed by atoms with Gasteiger partial charge in [0, 0.05) is 31.2 Å². The Morgan fingerprint density at radius 1 is 0.967 bits per heavy atom. The van der Waals surface area contributed by atoms with Gasteiger partial charge in [-0.3, -0.25) is 4.79 Å². The largest absolute Gasteiger partial charge is 0.339 e. The zero-order valence-electron chi connectivity index (χ0n) is 16.2. The summed E-state index contributed by atoms with van der Waals surface area (Å²) >= 11 is 6.12. The number of sulfonamides is 1. The van der Waals surface area contributed by atoms with E-state index in [1.54, 1.807) is 11.0 Å². The van der Waals surface area contributed by atoms with Gasteiger partial charge in [0.25, 0.3) is 0 Å². The zero-order valence-corrected chi connectivity index (χ0v) is 17.7. The zero-order chi connectivity index (χ0) is 21.5. The Hall–Kier alpha value is -2.03. The summed E-state index contributed by atoms with van der Waals surface area (Å²) in [5, 5.41) is 0.578. The molecule has 0 spiro atoms. The second-order valence-electron chi connectivity index (χ2n) is 7.72. The normalized spacial score (nSPS) is 19.4. The molecule has 0 unspecified atom stereocenters. The molecule has 30 heavy (non-hydrogen) atoms. The van der Waals surface area contributed by atoms with Gasteiger partial charge in [-0.1, -0.05) is 30.2 Å². The molecule has 0 bridgehead atoms.